The molecule has 1 atom stereocenters. The van der Waals surface area contributed by atoms with E-state index in [4.69, 9.17) is 23.2 Å². The largest absolute Gasteiger partial charge is 0.396 e. The molecule has 1 aliphatic rings. The third-order valence-electron chi connectivity index (χ3n) is 3.47. The van der Waals surface area contributed by atoms with Crippen molar-refractivity contribution in [1.29, 1.82) is 0 Å². The van der Waals surface area contributed by atoms with Crippen LogP contribution in [0.25, 0.3) is 0 Å². The highest BCUT2D eigenvalue weighted by Gasteiger charge is 2.21. The normalized spacial score (nSPS) is 20.8. The molecule has 0 bridgehead atoms. The standard InChI is InChI=1S/C12H18Cl2N2O3S2/c13-10-6-11(20-12(10)14)21(18,19)15-3-5-16-4-1-2-9(7-16)8-17/h6,9,15,17H,1-5,7-8H2/t9-/m0/s1. The monoisotopic (exact) mass is 372 g/mol. The minimum absolute atomic E-state index is 0.129. The molecular formula is C12H18Cl2N2O3S2. The number of piperidine rings is 1. The third kappa shape index (κ3) is 4.79. The molecule has 0 radical (unpaired) electrons. The van der Waals surface area contributed by atoms with Crippen molar-refractivity contribution in [2.24, 2.45) is 5.92 Å². The Balaban J connectivity index is 1.85. The van der Waals surface area contributed by atoms with Crippen LogP contribution in [0.2, 0.25) is 9.36 Å². The lowest BCUT2D eigenvalue weighted by Crippen LogP contribution is -2.41. The van der Waals surface area contributed by atoms with Gasteiger partial charge < -0.3 is 10.0 Å². The number of hydrogen-bond donors (Lipinski definition) is 2. The fourth-order valence-corrected chi connectivity index (χ4v) is 5.32. The van der Waals surface area contributed by atoms with E-state index < -0.39 is 10.0 Å². The molecule has 1 aromatic heterocycles. The fourth-order valence-electron chi connectivity index (χ4n) is 2.37. The van der Waals surface area contributed by atoms with Crippen molar-refractivity contribution < 1.29 is 13.5 Å². The van der Waals surface area contributed by atoms with Gasteiger partial charge in [-0.2, -0.15) is 0 Å². The molecule has 1 aliphatic heterocycles. The van der Waals surface area contributed by atoms with Crippen LogP contribution in [-0.4, -0.2) is 51.2 Å². The van der Waals surface area contributed by atoms with Crippen molar-refractivity contribution in [3.63, 3.8) is 0 Å². The molecule has 21 heavy (non-hydrogen) atoms. The predicted molar refractivity (Wildman–Crippen MR) is 85.8 cm³/mol. The second-order valence-electron chi connectivity index (χ2n) is 5.08. The van der Waals surface area contributed by atoms with Gasteiger partial charge >= 0.3 is 0 Å². The van der Waals surface area contributed by atoms with Gasteiger partial charge in [-0.05, 0) is 31.4 Å². The zero-order valence-corrected chi connectivity index (χ0v) is 14.5. The Morgan fingerprint density at radius 2 is 2.24 bits per heavy atom. The van der Waals surface area contributed by atoms with Gasteiger partial charge in [-0.3, -0.25) is 0 Å². The molecule has 0 aromatic carbocycles. The molecule has 0 aliphatic carbocycles. The minimum Gasteiger partial charge on any atom is -0.396 e. The van der Waals surface area contributed by atoms with Crippen LogP contribution in [0.1, 0.15) is 12.8 Å². The lowest BCUT2D eigenvalue weighted by Gasteiger charge is -2.31. The van der Waals surface area contributed by atoms with E-state index in [2.05, 4.69) is 9.62 Å². The average Bonchev–Trinajstić information content (AvgIpc) is 2.80. The molecule has 120 valence electrons. The SMILES string of the molecule is O=S(=O)(NCCN1CCC[C@H](CO)C1)c1cc(Cl)c(Cl)s1. The summed E-state index contributed by atoms with van der Waals surface area (Å²) in [5.74, 6) is 0.297. The van der Waals surface area contributed by atoms with E-state index in [-0.39, 0.29) is 20.2 Å². The summed E-state index contributed by atoms with van der Waals surface area (Å²) in [6.45, 7) is 2.90. The molecule has 2 N–H and O–H groups in total. The van der Waals surface area contributed by atoms with Gasteiger partial charge in [0.1, 0.15) is 8.55 Å². The number of aliphatic hydroxyl groups excluding tert-OH is 1. The molecule has 1 fully saturated rings. The predicted octanol–water partition coefficient (Wildman–Crippen LogP) is 2.04. The maximum Gasteiger partial charge on any atom is 0.250 e. The molecule has 9 heteroatoms. The van der Waals surface area contributed by atoms with Gasteiger partial charge in [0.25, 0.3) is 0 Å². The number of nitrogens with zero attached hydrogens (tertiary/aromatic N) is 1. The van der Waals surface area contributed by atoms with E-state index in [1.807, 2.05) is 0 Å². The van der Waals surface area contributed by atoms with E-state index in [1.54, 1.807) is 0 Å². The summed E-state index contributed by atoms with van der Waals surface area (Å²) in [6, 6.07) is 1.36. The molecule has 0 amide bonds. The first-order chi connectivity index (χ1) is 9.92. The first-order valence-corrected chi connectivity index (χ1v) is 9.75. The third-order valence-corrected chi connectivity index (χ3v) is 7.27. The summed E-state index contributed by atoms with van der Waals surface area (Å²) in [5, 5.41) is 9.43. The van der Waals surface area contributed by atoms with E-state index in [0.29, 0.717) is 19.0 Å². The highest BCUT2D eigenvalue weighted by Crippen LogP contribution is 2.34. The molecule has 0 unspecified atom stereocenters. The van der Waals surface area contributed by atoms with Gasteiger partial charge in [-0.1, -0.05) is 23.2 Å². The van der Waals surface area contributed by atoms with Crippen molar-refractivity contribution in [1.82, 2.24) is 9.62 Å². The maximum atomic E-state index is 12.1. The molecular weight excluding hydrogens is 355 g/mol. The van der Waals surface area contributed by atoms with Crippen molar-refractivity contribution in [2.75, 3.05) is 32.8 Å². The van der Waals surface area contributed by atoms with Crippen LogP contribution in [0.4, 0.5) is 0 Å². The van der Waals surface area contributed by atoms with Crippen LogP contribution in [0.15, 0.2) is 10.3 Å². The summed E-state index contributed by atoms with van der Waals surface area (Å²) < 4.78 is 27.1. The van der Waals surface area contributed by atoms with Crippen molar-refractivity contribution in [3.8, 4) is 0 Å². The number of sulfonamides is 1. The van der Waals surface area contributed by atoms with Crippen LogP contribution < -0.4 is 4.72 Å². The molecule has 0 spiro atoms. The van der Waals surface area contributed by atoms with Crippen LogP contribution in [0.3, 0.4) is 0 Å². The summed E-state index contributed by atoms with van der Waals surface area (Å²) in [5.41, 5.74) is 0. The van der Waals surface area contributed by atoms with Gasteiger partial charge in [-0.25, -0.2) is 13.1 Å². The summed E-state index contributed by atoms with van der Waals surface area (Å²) in [4.78, 5) is 2.17. The van der Waals surface area contributed by atoms with Crippen LogP contribution in [0.5, 0.6) is 0 Å². The van der Waals surface area contributed by atoms with Gasteiger partial charge in [0, 0.05) is 26.2 Å². The molecule has 1 aromatic rings. The number of likely N-dealkylation sites (tertiary alicyclic amines) is 1. The van der Waals surface area contributed by atoms with Crippen molar-refractivity contribution in [2.45, 2.75) is 17.1 Å². The van der Waals surface area contributed by atoms with Crippen molar-refractivity contribution in [3.05, 3.63) is 15.4 Å². The van der Waals surface area contributed by atoms with Gasteiger partial charge in [0.05, 0.1) is 5.02 Å². The highest BCUT2D eigenvalue weighted by molar-refractivity contribution is 7.91. The first kappa shape index (κ1) is 17.5. The minimum atomic E-state index is -3.56. The Morgan fingerprint density at radius 3 is 2.86 bits per heavy atom. The molecule has 0 saturated carbocycles. The number of aliphatic hydroxyl groups is 1. The Labute approximate surface area is 138 Å². The molecule has 2 rings (SSSR count). The van der Waals surface area contributed by atoms with E-state index in [1.165, 1.54) is 6.07 Å². The molecule has 5 nitrogen and oxygen atoms in total. The fraction of sp³-hybridized carbons (Fsp3) is 0.667. The smallest absolute Gasteiger partial charge is 0.250 e. The van der Waals surface area contributed by atoms with E-state index in [0.717, 1.165) is 37.3 Å². The Morgan fingerprint density at radius 1 is 1.48 bits per heavy atom. The number of hydrogen-bond acceptors (Lipinski definition) is 5. The van der Waals surface area contributed by atoms with Gasteiger partial charge in [0.2, 0.25) is 10.0 Å². The van der Waals surface area contributed by atoms with E-state index >= 15 is 0 Å². The number of nitrogens with one attached hydrogen (secondary N) is 1. The number of rotatable bonds is 6. The lowest BCUT2D eigenvalue weighted by atomic mass is 9.99. The van der Waals surface area contributed by atoms with Gasteiger partial charge in [0.15, 0.2) is 0 Å². The summed E-state index contributed by atoms with van der Waals surface area (Å²) in [7, 11) is -3.56. The Bertz CT molecular complexity index is 558. The lowest BCUT2D eigenvalue weighted by molar-refractivity contribution is 0.122. The molecule has 2 heterocycles. The Hall–Kier alpha value is 0.110. The van der Waals surface area contributed by atoms with E-state index in [9.17, 15) is 13.5 Å². The topological polar surface area (TPSA) is 69.6 Å². The summed E-state index contributed by atoms with van der Waals surface area (Å²) >= 11 is 12.5. The van der Waals surface area contributed by atoms with Crippen LogP contribution in [0, 0.1) is 5.92 Å². The molecule has 1 saturated heterocycles. The van der Waals surface area contributed by atoms with Gasteiger partial charge in [-0.15, -0.1) is 11.3 Å². The summed E-state index contributed by atoms with van der Waals surface area (Å²) in [6.07, 6.45) is 2.07. The number of thiophene rings is 1. The van der Waals surface area contributed by atoms with Crippen LogP contribution >= 0.6 is 34.5 Å². The quantitative estimate of drug-likeness (QED) is 0.801. The second-order valence-corrected chi connectivity index (χ2v) is 9.13. The average molecular weight is 373 g/mol. The van der Waals surface area contributed by atoms with Crippen molar-refractivity contribution >= 4 is 44.6 Å². The maximum absolute atomic E-state index is 12.1. The Kier molecular flexibility index (Phi) is 6.31. The zero-order chi connectivity index (χ0) is 15.5. The number of halogens is 2. The first-order valence-electron chi connectivity index (χ1n) is 6.70. The highest BCUT2D eigenvalue weighted by atomic mass is 35.5. The van der Waals surface area contributed by atoms with Crippen LogP contribution in [-0.2, 0) is 10.0 Å². The second kappa shape index (κ2) is 7.59. The zero-order valence-electron chi connectivity index (χ0n) is 11.4.